The molecule has 0 spiro atoms. The Balaban J connectivity index is 1.74. The molecule has 0 aliphatic rings. The molecule has 0 radical (unpaired) electrons. The van der Waals surface area contributed by atoms with Gasteiger partial charge in [0.05, 0.1) is 11.2 Å². The first-order chi connectivity index (χ1) is 13.0. The average molecular weight is 361 g/mol. The summed E-state index contributed by atoms with van der Waals surface area (Å²) in [7, 11) is 0. The summed E-state index contributed by atoms with van der Waals surface area (Å²) in [5.74, 6) is 0.0822. The predicted octanol–water partition coefficient (Wildman–Crippen LogP) is 4.26. The van der Waals surface area contributed by atoms with Crippen molar-refractivity contribution in [3.05, 3.63) is 71.9 Å². The van der Waals surface area contributed by atoms with Gasteiger partial charge in [-0.25, -0.2) is 0 Å². The first-order valence-electron chi connectivity index (χ1n) is 9.08. The highest BCUT2D eigenvalue weighted by Gasteiger charge is 2.12. The van der Waals surface area contributed by atoms with Crippen LogP contribution in [0.3, 0.4) is 0 Å². The summed E-state index contributed by atoms with van der Waals surface area (Å²) in [6.07, 6.45) is 2.61. The third-order valence-electron chi connectivity index (χ3n) is 4.28. The van der Waals surface area contributed by atoms with Crippen molar-refractivity contribution < 1.29 is 9.59 Å². The Labute approximate surface area is 158 Å². The van der Waals surface area contributed by atoms with Crippen molar-refractivity contribution in [1.29, 1.82) is 0 Å². The molecule has 27 heavy (non-hydrogen) atoms. The van der Waals surface area contributed by atoms with Crippen molar-refractivity contribution in [2.24, 2.45) is 5.92 Å². The predicted molar refractivity (Wildman–Crippen MR) is 108 cm³/mol. The number of nitrogens with one attached hydrogen (secondary N) is 2. The van der Waals surface area contributed by atoms with E-state index >= 15 is 0 Å². The lowest BCUT2D eigenvalue weighted by Crippen LogP contribution is -2.25. The van der Waals surface area contributed by atoms with Crippen molar-refractivity contribution in [3.63, 3.8) is 0 Å². The number of aromatic nitrogens is 1. The second-order valence-corrected chi connectivity index (χ2v) is 6.85. The highest BCUT2D eigenvalue weighted by molar-refractivity contribution is 6.09. The van der Waals surface area contributed by atoms with Crippen LogP contribution in [0.4, 0.5) is 5.69 Å². The van der Waals surface area contributed by atoms with Crippen molar-refractivity contribution >= 4 is 28.4 Å². The Hall–Kier alpha value is -3.21. The lowest BCUT2D eigenvalue weighted by Gasteiger charge is -2.10. The van der Waals surface area contributed by atoms with E-state index in [0.29, 0.717) is 29.3 Å². The maximum atomic E-state index is 12.7. The van der Waals surface area contributed by atoms with Gasteiger partial charge in [-0.15, -0.1) is 0 Å². The van der Waals surface area contributed by atoms with Crippen LogP contribution in [0.1, 0.15) is 41.0 Å². The van der Waals surface area contributed by atoms with E-state index in [1.165, 1.54) is 0 Å². The number of carbonyl (C=O) groups excluding carboxylic acids is 2. The van der Waals surface area contributed by atoms with E-state index in [4.69, 9.17) is 0 Å². The number of hydrogen-bond acceptors (Lipinski definition) is 3. The van der Waals surface area contributed by atoms with E-state index in [9.17, 15) is 9.59 Å². The summed E-state index contributed by atoms with van der Waals surface area (Å²) in [5, 5.41) is 6.73. The van der Waals surface area contributed by atoms with Gasteiger partial charge in [-0.2, -0.15) is 0 Å². The highest BCUT2D eigenvalue weighted by Crippen LogP contribution is 2.21. The van der Waals surface area contributed by atoms with E-state index in [-0.39, 0.29) is 11.8 Å². The first-order valence-corrected chi connectivity index (χ1v) is 9.08. The summed E-state index contributed by atoms with van der Waals surface area (Å²) in [6, 6.07) is 16.2. The van der Waals surface area contributed by atoms with E-state index in [0.717, 1.165) is 17.3 Å². The topological polar surface area (TPSA) is 71.1 Å². The summed E-state index contributed by atoms with van der Waals surface area (Å²) in [6.45, 7) is 4.84. The van der Waals surface area contributed by atoms with E-state index in [2.05, 4.69) is 29.5 Å². The molecule has 0 aliphatic heterocycles. The number of carbonyl (C=O) groups is 2. The van der Waals surface area contributed by atoms with Gasteiger partial charge in [0.15, 0.2) is 0 Å². The van der Waals surface area contributed by atoms with Crippen LogP contribution in [-0.2, 0) is 0 Å². The molecule has 0 unspecified atom stereocenters. The van der Waals surface area contributed by atoms with Gasteiger partial charge in [-0.05, 0) is 42.7 Å². The third-order valence-corrected chi connectivity index (χ3v) is 4.28. The molecule has 0 saturated carbocycles. The molecule has 2 N–H and O–H groups in total. The lowest BCUT2D eigenvalue weighted by molar-refractivity contribution is 0.0952. The average Bonchev–Trinajstić information content (AvgIpc) is 2.68. The normalized spacial score (nSPS) is 10.8. The number of hydrogen-bond donors (Lipinski definition) is 2. The first kappa shape index (κ1) is 18.6. The largest absolute Gasteiger partial charge is 0.352 e. The smallest absolute Gasteiger partial charge is 0.255 e. The molecule has 3 aromatic rings. The maximum absolute atomic E-state index is 12.7. The second-order valence-electron chi connectivity index (χ2n) is 6.85. The molecule has 5 heteroatoms. The van der Waals surface area contributed by atoms with Gasteiger partial charge in [0.1, 0.15) is 0 Å². The van der Waals surface area contributed by atoms with Crippen LogP contribution in [0.25, 0.3) is 10.9 Å². The third kappa shape index (κ3) is 4.70. The summed E-state index contributed by atoms with van der Waals surface area (Å²) in [4.78, 5) is 29.3. The fourth-order valence-corrected chi connectivity index (χ4v) is 2.78. The Bertz CT molecular complexity index is 961. The van der Waals surface area contributed by atoms with Crippen molar-refractivity contribution in [2.75, 3.05) is 11.9 Å². The van der Waals surface area contributed by atoms with Crippen LogP contribution in [0.15, 0.2) is 60.8 Å². The molecule has 0 saturated heterocycles. The monoisotopic (exact) mass is 361 g/mol. The standard InChI is InChI=1S/C22H23N3O2/c1-15(2)11-13-24-21(26)17-7-3-8-18(14-17)22(27)25-19-10-4-6-16-9-5-12-23-20(16)19/h3-10,12,14-15H,11,13H2,1-2H3,(H,24,26)(H,25,27). The number of amides is 2. The fourth-order valence-electron chi connectivity index (χ4n) is 2.78. The van der Waals surface area contributed by atoms with Crippen molar-refractivity contribution in [2.45, 2.75) is 20.3 Å². The minimum atomic E-state index is -0.273. The molecule has 3 rings (SSSR count). The van der Waals surface area contributed by atoms with Crippen LogP contribution >= 0.6 is 0 Å². The van der Waals surface area contributed by atoms with Crippen LogP contribution in [0.5, 0.6) is 0 Å². The van der Waals surface area contributed by atoms with Crippen molar-refractivity contribution in [1.82, 2.24) is 10.3 Å². The molecular formula is C22H23N3O2. The zero-order valence-electron chi connectivity index (χ0n) is 15.5. The zero-order valence-corrected chi connectivity index (χ0v) is 15.5. The van der Waals surface area contributed by atoms with Crippen molar-refractivity contribution in [3.8, 4) is 0 Å². The molecule has 2 aromatic carbocycles. The Morgan fingerprint density at radius 1 is 0.963 bits per heavy atom. The molecule has 1 heterocycles. The summed E-state index contributed by atoms with van der Waals surface area (Å²) in [5.41, 5.74) is 2.28. The number of nitrogens with zero attached hydrogens (tertiary/aromatic N) is 1. The van der Waals surface area contributed by atoms with Gasteiger partial charge >= 0.3 is 0 Å². The molecule has 138 valence electrons. The quantitative estimate of drug-likeness (QED) is 0.689. The van der Waals surface area contributed by atoms with Crippen LogP contribution in [0, 0.1) is 5.92 Å². The molecule has 1 aromatic heterocycles. The fraction of sp³-hybridized carbons (Fsp3) is 0.227. The summed E-state index contributed by atoms with van der Waals surface area (Å²) >= 11 is 0. The minimum absolute atomic E-state index is 0.169. The molecule has 0 fully saturated rings. The molecular weight excluding hydrogens is 338 g/mol. The minimum Gasteiger partial charge on any atom is -0.352 e. The Kier molecular flexibility index (Phi) is 5.81. The van der Waals surface area contributed by atoms with Gasteiger partial charge in [0.2, 0.25) is 0 Å². The molecule has 5 nitrogen and oxygen atoms in total. The molecule has 0 aliphatic carbocycles. The van der Waals surface area contributed by atoms with Crippen LogP contribution in [-0.4, -0.2) is 23.3 Å². The second kappa shape index (κ2) is 8.45. The number of pyridine rings is 1. The lowest BCUT2D eigenvalue weighted by atomic mass is 10.1. The number of fused-ring (bicyclic) bond motifs is 1. The number of rotatable bonds is 6. The van der Waals surface area contributed by atoms with E-state index in [1.807, 2.05) is 30.3 Å². The summed E-state index contributed by atoms with van der Waals surface area (Å²) < 4.78 is 0. The molecule has 0 bridgehead atoms. The van der Waals surface area contributed by atoms with E-state index in [1.54, 1.807) is 30.5 Å². The zero-order chi connectivity index (χ0) is 19.2. The molecule has 2 amide bonds. The number of para-hydroxylation sites is 1. The number of benzene rings is 2. The van der Waals surface area contributed by atoms with Gasteiger partial charge < -0.3 is 10.6 Å². The SMILES string of the molecule is CC(C)CCNC(=O)c1cccc(C(=O)Nc2cccc3cccnc23)c1. The van der Waals surface area contributed by atoms with Gasteiger partial charge in [-0.3, -0.25) is 14.6 Å². The van der Waals surface area contributed by atoms with Crippen LogP contribution < -0.4 is 10.6 Å². The molecule has 0 atom stereocenters. The van der Waals surface area contributed by atoms with Gasteiger partial charge in [0, 0.05) is 29.3 Å². The highest BCUT2D eigenvalue weighted by atomic mass is 16.2. The van der Waals surface area contributed by atoms with Crippen LogP contribution in [0.2, 0.25) is 0 Å². The Morgan fingerprint density at radius 3 is 2.44 bits per heavy atom. The number of anilines is 1. The van der Waals surface area contributed by atoms with Gasteiger partial charge in [0.25, 0.3) is 11.8 Å². The van der Waals surface area contributed by atoms with Gasteiger partial charge in [-0.1, -0.05) is 38.1 Å². The maximum Gasteiger partial charge on any atom is 0.255 e. The Morgan fingerprint density at radius 2 is 1.67 bits per heavy atom. The van der Waals surface area contributed by atoms with E-state index < -0.39 is 0 Å².